The van der Waals surface area contributed by atoms with E-state index in [1.54, 1.807) is 31.2 Å². The normalized spacial score (nSPS) is 15.7. The van der Waals surface area contributed by atoms with Crippen LogP contribution in [-0.2, 0) is 9.47 Å². The molecule has 1 unspecified atom stereocenters. The summed E-state index contributed by atoms with van der Waals surface area (Å²) in [6.07, 6.45) is -0.421. The van der Waals surface area contributed by atoms with E-state index < -0.39 is 29.9 Å². The summed E-state index contributed by atoms with van der Waals surface area (Å²) >= 11 is 0. The number of fused-ring (bicyclic) bond motifs is 2. The molecule has 0 saturated carbocycles. The van der Waals surface area contributed by atoms with E-state index in [1.165, 1.54) is 24.3 Å². The van der Waals surface area contributed by atoms with E-state index in [4.69, 9.17) is 20.9 Å². The molecule has 0 aromatic heterocycles. The van der Waals surface area contributed by atoms with Gasteiger partial charge in [0.15, 0.2) is 0 Å². The van der Waals surface area contributed by atoms with Gasteiger partial charge in [-0.2, -0.15) is 0 Å². The number of hydrogen-bond donors (Lipinski definition) is 2. The lowest BCUT2D eigenvalue weighted by Gasteiger charge is -2.10. The van der Waals surface area contributed by atoms with Crippen molar-refractivity contribution in [2.24, 2.45) is 11.5 Å². The number of carbonyl (C=O) groups excluding carboxylic acids is 4. The van der Waals surface area contributed by atoms with Crippen LogP contribution in [0.4, 0.5) is 0 Å². The summed E-state index contributed by atoms with van der Waals surface area (Å²) in [6.45, 7) is 1.77. The Morgan fingerprint density at radius 2 is 1.41 bits per heavy atom. The maximum atomic E-state index is 11.5. The van der Waals surface area contributed by atoms with Gasteiger partial charge < -0.3 is 20.9 Å². The Balaban J connectivity index is 0.000000199. The van der Waals surface area contributed by atoms with Crippen molar-refractivity contribution in [1.29, 1.82) is 0 Å². The topological polar surface area (TPSA) is 139 Å². The fourth-order valence-electron chi connectivity index (χ4n) is 2.16. The van der Waals surface area contributed by atoms with Gasteiger partial charge in [-0.05, 0) is 43.3 Å². The van der Waals surface area contributed by atoms with Crippen molar-refractivity contribution in [2.75, 3.05) is 6.61 Å². The molecule has 27 heavy (non-hydrogen) atoms. The predicted octanol–water partition coefficient (Wildman–Crippen LogP) is 1.29. The number of esters is 2. The molecule has 0 spiro atoms. The number of hydrogen-bond acceptors (Lipinski definition) is 6. The molecule has 8 heteroatoms. The number of primary amides is 2. The molecule has 140 valence electrons. The van der Waals surface area contributed by atoms with Crippen LogP contribution in [0.3, 0.4) is 0 Å². The summed E-state index contributed by atoms with van der Waals surface area (Å²) in [5.74, 6) is -2.00. The van der Waals surface area contributed by atoms with Gasteiger partial charge in [0.25, 0.3) is 0 Å². The second-order valence-electron chi connectivity index (χ2n) is 5.70. The number of cyclic esters (lactones) is 2. The quantitative estimate of drug-likeness (QED) is 0.764. The van der Waals surface area contributed by atoms with Gasteiger partial charge in [-0.1, -0.05) is 12.1 Å². The third-order valence-electron chi connectivity index (χ3n) is 3.52. The van der Waals surface area contributed by atoms with E-state index in [2.05, 4.69) is 0 Å². The highest BCUT2D eigenvalue weighted by atomic mass is 16.6. The molecule has 2 aromatic rings. The highest BCUT2D eigenvalue weighted by Gasteiger charge is 2.19. The predicted molar refractivity (Wildman–Crippen MR) is 95.1 cm³/mol. The standard InChI is InChI=1S/C11H10O4.C8H8N2O2/c1-7-6-14-10(12)8-3-2-4-9(5-8)11(13)15-7;9-7(11)5-2-1-3-6(4-5)8(10)12/h2-5,7H,6H2,1H3;1-4H,(H2,9,11)(H2,10,12). The molecule has 0 aliphatic carbocycles. The molecule has 2 amide bonds. The van der Waals surface area contributed by atoms with Crippen molar-refractivity contribution >= 4 is 23.8 Å². The number of benzene rings is 2. The van der Waals surface area contributed by atoms with E-state index in [1.807, 2.05) is 0 Å². The maximum Gasteiger partial charge on any atom is 0.338 e. The summed E-state index contributed by atoms with van der Waals surface area (Å²) in [5.41, 5.74) is 11.3. The van der Waals surface area contributed by atoms with Crippen LogP contribution in [0.15, 0.2) is 48.5 Å². The lowest BCUT2D eigenvalue weighted by atomic mass is 10.1. The van der Waals surface area contributed by atoms with Crippen molar-refractivity contribution in [1.82, 2.24) is 0 Å². The lowest BCUT2D eigenvalue weighted by Crippen LogP contribution is -2.20. The summed E-state index contributed by atoms with van der Waals surface area (Å²) in [5, 5.41) is 0. The van der Waals surface area contributed by atoms with Crippen LogP contribution in [0, 0.1) is 0 Å². The van der Waals surface area contributed by atoms with Crippen LogP contribution in [0.1, 0.15) is 48.4 Å². The van der Waals surface area contributed by atoms with E-state index in [0.29, 0.717) is 11.1 Å². The van der Waals surface area contributed by atoms with Crippen LogP contribution >= 0.6 is 0 Å². The first-order chi connectivity index (χ1) is 12.8. The van der Waals surface area contributed by atoms with Crippen LogP contribution in [0.2, 0.25) is 0 Å². The van der Waals surface area contributed by atoms with Crippen LogP contribution < -0.4 is 11.5 Å². The zero-order valence-corrected chi connectivity index (χ0v) is 14.5. The van der Waals surface area contributed by atoms with Crippen LogP contribution in [0.5, 0.6) is 0 Å². The number of ether oxygens (including phenoxy) is 2. The molecule has 2 aromatic carbocycles. The largest absolute Gasteiger partial charge is 0.458 e. The molecule has 1 heterocycles. The smallest absolute Gasteiger partial charge is 0.338 e. The van der Waals surface area contributed by atoms with E-state index in [-0.39, 0.29) is 17.7 Å². The van der Waals surface area contributed by atoms with Gasteiger partial charge in [0.2, 0.25) is 11.8 Å². The van der Waals surface area contributed by atoms with Crippen LogP contribution in [-0.4, -0.2) is 36.5 Å². The molecule has 0 saturated heterocycles. The van der Waals surface area contributed by atoms with Crippen molar-refractivity contribution < 1.29 is 28.7 Å². The van der Waals surface area contributed by atoms with Crippen molar-refractivity contribution in [3.05, 3.63) is 70.8 Å². The Morgan fingerprint density at radius 1 is 0.889 bits per heavy atom. The average molecular weight is 370 g/mol. The second-order valence-corrected chi connectivity index (χ2v) is 5.70. The molecule has 1 aliphatic rings. The van der Waals surface area contributed by atoms with E-state index in [0.717, 1.165) is 0 Å². The van der Waals surface area contributed by atoms with Gasteiger partial charge in [0.1, 0.15) is 12.7 Å². The SMILES string of the molecule is CC1COC(=O)c2cccc(c2)C(=O)O1.NC(=O)c1cccc(C(N)=O)c1. The van der Waals surface area contributed by atoms with Gasteiger partial charge in [0, 0.05) is 11.1 Å². The molecule has 0 radical (unpaired) electrons. The molecular formula is C19H18N2O6. The minimum absolute atomic E-state index is 0.0863. The summed E-state index contributed by atoms with van der Waals surface area (Å²) in [4.78, 5) is 44.2. The highest BCUT2D eigenvalue weighted by molar-refractivity contribution is 5.98. The molecule has 0 fully saturated rings. The van der Waals surface area contributed by atoms with Crippen LogP contribution in [0.25, 0.3) is 0 Å². The number of rotatable bonds is 2. The number of amides is 2. The average Bonchev–Trinajstić information content (AvgIpc) is 2.69. The van der Waals surface area contributed by atoms with E-state index in [9.17, 15) is 19.2 Å². The van der Waals surface area contributed by atoms with Gasteiger partial charge in [0.05, 0.1) is 11.1 Å². The number of carbonyl (C=O) groups is 4. The summed E-state index contributed by atoms with van der Waals surface area (Å²) in [6, 6.07) is 12.3. The minimum Gasteiger partial charge on any atom is -0.458 e. The first-order valence-corrected chi connectivity index (χ1v) is 7.95. The third-order valence-corrected chi connectivity index (χ3v) is 3.52. The fraction of sp³-hybridized carbons (Fsp3) is 0.158. The highest BCUT2D eigenvalue weighted by Crippen LogP contribution is 2.12. The molecule has 1 atom stereocenters. The molecule has 4 N–H and O–H groups in total. The van der Waals surface area contributed by atoms with Gasteiger partial charge in [-0.15, -0.1) is 0 Å². The second kappa shape index (κ2) is 8.61. The summed E-state index contributed by atoms with van der Waals surface area (Å²) in [7, 11) is 0. The molecule has 1 aliphatic heterocycles. The Morgan fingerprint density at radius 3 is 1.96 bits per heavy atom. The van der Waals surface area contributed by atoms with Crippen molar-refractivity contribution in [3.8, 4) is 0 Å². The van der Waals surface area contributed by atoms with Gasteiger partial charge in [-0.25, -0.2) is 9.59 Å². The Labute approximate surface area is 155 Å². The van der Waals surface area contributed by atoms with Crippen molar-refractivity contribution in [2.45, 2.75) is 13.0 Å². The lowest BCUT2D eigenvalue weighted by molar-refractivity contribution is 0.00556. The zero-order chi connectivity index (χ0) is 20.0. The van der Waals surface area contributed by atoms with Gasteiger partial charge in [-0.3, -0.25) is 9.59 Å². The molecular weight excluding hydrogens is 352 g/mol. The van der Waals surface area contributed by atoms with Gasteiger partial charge >= 0.3 is 11.9 Å². The van der Waals surface area contributed by atoms with Crippen molar-refractivity contribution in [3.63, 3.8) is 0 Å². The zero-order valence-electron chi connectivity index (χ0n) is 14.5. The first-order valence-electron chi connectivity index (χ1n) is 7.95. The summed E-state index contributed by atoms with van der Waals surface area (Å²) < 4.78 is 9.99. The minimum atomic E-state index is -0.571. The first kappa shape index (κ1) is 19.6. The van der Waals surface area contributed by atoms with E-state index >= 15 is 0 Å². The third kappa shape index (κ3) is 5.40. The molecule has 8 nitrogen and oxygen atoms in total. The Kier molecular flexibility index (Phi) is 6.27. The number of nitrogens with two attached hydrogens (primary N) is 2. The Hall–Kier alpha value is -3.68. The maximum absolute atomic E-state index is 11.5. The molecule has 2 bridgehead atoms. The monoisotopic (exact) mass is 370 g/mol. The molecule has 3 rings (SSSR count). The Bertz CT molecular complexity index is 864. The fourth-order valence-corrected chi connectivity index (χ4v) is 2.16.